The van der Waals surface area contributed by atoms with Crippen molar-refractivity contribution in [3.05, 3.63) is 95.1 Å². The third kappa shape index (κ3) is 4.38. The van der Waals surface area contributed by atoms with Gasteiger partial charge in [0.1, 0.15) is 0 Å². The predicted octanol–water partition coefficient (Wildman–Crippen LogP) is 4.56. The van der Waals surface area contributed by atoms with E-state index in [1.807, 2.05) is 31.1 Å². The number of nitrogens with zero attached hydrogens (tertiary/aromatic N) is 2. The molecule has 1 aliphatic heterocycles. The SMILES string of the molecule is CN(C)c1ccc([C@@H](CNC(=O)c2ccc(F)c(F)c2)N2CCc3ccccc32)cc1. The van der Waals surface area contributed by atoms with E-state index in [-0.39, 0.29) is 11.6 Å². The van der Waals surface area contributed by atoms with Gasteiger partial charge in [-0.25, -0.2) is 8.78 Å². The second-order valence-electron chi connectivity index (χ2n) is 7.91. The molecule has 6 heteroatoms. The molecule has 0 fully saturated rings. The smallest absolute Gasteiger partial charge is 0.251 e. The van der Waals surface area contributed by atoms with Gasteiger partial charge in [0.25, 0.3) is 5.91 Å². The minimum Gasteiger partial charge on any atom is -0.378 e. The summed E-state index contributed by atoms with van der Waals surface area (Å²) in [6.45, 7) is 1.19. The van der Waals surface area contributed by atoms with Gasteiger partial charge in [-0.3, -0.25) is 4.79 Å². The van der Waals surface area contributed by atoms with Gasteiger partial charge in [0.2, 0.25) is 0 Å². The molecule has 160 valence electrons. The number of rotatable bonds is 6. The van der Waals surface area contributed by atoms with Crippen molar-refractivity contribution in [1.29, 1.82) is 0 Å². The molecule has 3 aromatic carbocycles. The fraction of sp³-hybridized carbons (Fsp3) is 0.240. The van der Waals surface area contributed by atoms with E-state index in [9.17, 15) is 13.6 Å². The maximum Gasteiger partial charge on any atom is 0.251 e. The number of carbonyl (C=O) groups is 1. The highest BCUT2D eigenvalue weighted by Gasteiger charge is 2.27. The van der Waals surface area contributed by atoms with Crippen LogP contribution in [-0.4, -0.2) is 33.1 Å². The van der Waals surface area contributed by atoms with Gasteiger partial charge < -0.3 is 15.1 Å². The van der Waals surface area contributed by atoms with Crippen LogP contribution in [0.4, 0.5) is 20.2 Å². The molecule has 0 unspecified atom stereocenters. The van der Waals surface area contributed by atoms with Crippen LogP contribution in [-0.2, 0) is 6.42 Å². The summed E-state index contributed by atoms with van der Waals surface area (Å²) in [6.07, 6.45) is 0.944. The lowest BCUT2D eigenvalue weighted by molar-refractivity contribution is 0.0950. The molecule has 0 radical (unpaired) electrons. The molecule has 1 aliphatic rings. The van der Waals surface area contributed by atoms with Crippen LogP contribution in [0.25, 0.3) is 0 Å². The third-order valence-electron chi connectivity index (χ3n) is 5.73. The number of hydrogen-bond donors (Lipinski definition) is 1. The van der Waals surface area contributed by atoms with E-state index in [2.05, 4.69) is 46.6 Å². The van der Waals surface area contributed by atoms with E-state index in [4.69, 9.17) is 0 Å². The quantitative estimate of drug-likeness (QED) is 0.634. The number of para-hydroxylation sites is 1. The maximum atomic E-state index is 13.6. The molecule has 1 heterocycles. The molecule has 0 bridgehead atoms. The summed E-state index contributed by atoms with van der Waals surface area (Å²) in [4.78, 5) is 17.0. The maximum absolute atomic E-state index is 13.6. The number of nitrogens with one attached hydrogen (secondary N) is 1. The van der Waals surface area contributed by atoms with E-state index < -0.39 is 17.5 Å². The number of carbonyl (C=O) groups excluding carboxylic acids is 1. The van der Waals surface area contributed by atoms with E-state index in [1.165, 1.54) is 11.6 Å². The van der Waals surface area contributed by atoms with Crippen LogP contribution in [0.1, 0.15) is 27.5 Å². The Morgan fingerprint density at radius 2 is 1.77 bits per heavy atom. The van der Waals surface area contributed by atoms with Crippen LogP contribution in [0.5, 0.6) is 0 Å². The first kappa shape index (κ1) is 20.8. The highest BCUT2D eigenvalue weighted by Crippen LogP contribution is 2.35. The van der Waals surface area contributed by atoms with E-state index in [0.29, 0.717) is 6.54 Å². The molecule has 0 saturated carbocycles. The highest BCUT2D eigenvalue weighted by atomic mass is 19.2. The minimum atomic E-state index is -1.03. The lowest BCUT2D eigenvalue weighted by Crippen LogP contribution is -2.37. The van der Waals surface area contributed by atoms with Crippen molar-refractivity contribution in [2.24, 2.45) is 0 Å². The summed E-state index contributed by atoms with van der Waals surface area (Å²) in [5, 5.41) is 2.91. The Hall–Kier alpha value is -3.41. The van der Waals surface area contributed by atoms with Crippen molar-refractivity contribution >= 4 is 17.3 Å². The summed E-state index contributed by atoms with van der Waals surface area (Å²) in [5.74, 6) is -2.43. The van der Waals surface area contributed by atoms with Crippen molar-refractivity contribution in [1.82, 2.24) is 5.32 Å². The zero-order valence-electron chi connectivity index (χ0n) is 17.6. The van der Waals surface area contributed by atoms with Crippen molar-refractivity contribution in [3.8, 4) is 0 Å². The molecule has 1 N–H and O–H groups in total. The highest BCUT2D eigenvalue weighted by molar-refractivity contribution is 5.94. The summed E-state index contributed by atoms with van der Waals surface area (Å²) >= 11 is 0. The Morgan fingerprint density at radius 1 is 1.03 bits per heavy atom. The molecule has 0 spiro atoms. The number of anilines is 2. The van der Waals surface area contributed by atoms with Crippen LogP contribution in [0.15, 0.2) is 66.7 Å². The molecule has 31 heavy (non-hydrogen) atoms. The second kappa shape index (κ2) is 8.76. The Balaban J connectivity index is 1.59. The lowest BCUT2D eigenvalue weighted by atomic mass is 10.0. The summed E-state index contributed by atoms with van der Waals surface area (Å²) in [7, 11) is 3.98. The van der Waals surface area contributed by atoms with Crippen molar-refractivity contribution in [3.63, 3.8) is 0 Å². The molecule has 0 aliphatic carbocycles. The van der Waals surface area contributed by atoms with Crippen LogP contribution in [0.3, 0.4) is 0 Å². The molecular formula is C25H25F2N3O. The minimum absolute atomic E-state index is 0.0888. The van der Waals surface area contributed by atoms with Gasteiger partial charge in [-0.15, -0.1) is 0 Å². The molecule has 1 amide bonds. The first-order valence-electron chi connectivity index (χ1n) is 10.3. The molecular weight excluding hydrogens is 396 g/mol. The predicted molar refractivity (Wildman–Crippen MR) is 120 cm³/mol. The van der Waals surface area contributed by atoms with Crippen molar-refractivity contribution < 1.29 is 13.6 Å². The molecule has 0 saturated heterocycles. The zero-order valence-corrected chi connectivity index (χ0v) is 17.6. The van der Waals surface area contributed by atoms with Gasteiger partial charge in [-0.2, -0.15) is 0 Å². The number of hydrogen-bond acceptors (Lipinski definition) is 3. The first-order chi connectivity index (χ1) is 14.9. The van der Waals surface area contributed by atoms with Gasteiger partial charge in [-0.1, -0.05) is 30.3 Å². The topological polar surface area (TPSA) is 35.6 Å². The van der Waals surface area contributed by atoms with Crippen LogP contribution < -0.4 is 15.1 Å². The van der Waals surface area contributed by atoms with Gasteiger partial charge in [0.05, 0.1) is 6.04 Å². The normalized spacial score (nSPS) is 13.6. The number of halogens is 2. The van der Waals surface area contributed by atoms with E-state index in [0.717, 1.165) is 42.0 Å². The van der Waals surface area contributed by atoms with Gasteiger partial charge in [-0.05, 0) is 53.9 Å². The number of amides is 1. The van der Waals surface area contributed by atoms with Gasteiger partial charge >= 0.3 is 0 Å². The molecule has 4 rings (SSSR count). The van der Waals surface area contributed by atoms with Crippen molar-refractivity contribution in [2.45, 2.75) is 12.5 Å². The largest absolute Gasteiger partial charge is 0.378 e. The Kier molecular flexibility index (Phi) is 5.89. The average molecular weight is 421 g/mol. The number of fused-ring (bicyclic) bond motifs is 1. The Morgan fingerprint density at radius 3 is 2.48 bits per heavy atom. The standard InChI is InChI=1S/C25H25F2N3O/c1-29(2)20-10-7-18(8-11-20)24(30-14-13-17-5-3-4-6-23(17)30)16-28-25(31)19-9-12-21(26)22(27)15-19/h3-12,15,24H,13-14,16H2,1-2H3,(H,28,31)/t24-/m1/s1. The van der Waals surface area contributed by atoms with Gasteiger partial charge in [0, 0.05) is 44.1 Å². The summed E-state index contributed by atoms with van der Waals surface area (Å²) in [6, 6.07) is 19.6. The summed E-state index contributed by atoms with van der Waals surface area (Å²) < 4.78 is 26.8. The second-order valence-corrected chi connectivity index (χ2v) is 7.91. The van der Waals surface area contributed by atoms with Crippen LogP contribution in [0.2, 0.25) is 0 Å². The molecule has 3 aromatic rings. The van der Waals surface area contributed by atoms with Gasteiger partial charge in [0.15, 0.2) is 11.6 Å². The van der Waals surface area contributed by atoms with Crippen LogP contribution >= 0.6 is 0 Å². The van der Waals surface area contributed by atoms with E-state index in [1.54, 1.807) is 0 Å². The average Bonchev–Trinajstić information content (AvgIpc) is 3.20. The lowest BCUT2D eigenvalue weighted by Gasteiger charge is -2.31. The number of benzene rings is 3. The monoisotopic (exact) mass is 421 g/mol. The molecule has 0 aromatic heterocycles. The summed E-state index contributed by atoms with van der Waals surface area (Å²) in [5.41, 5.74) is 4.71. The first-order valence-corrected chi connectivity index (χ1v) is 10.3. The fourth-order valence-electron chi connectivity index (χ4n) is 4.02. The van der Waals surface area contributed by atoms with Crippen LogP contribution in [0, 0.1) is 11.6 Å². The third-order valence-corrected chi connectivity index (χ3v) is 5.73. The Labute approximate surface area is 181 Å². The molecule has 4 nitrogen and oxygen atoms in total. The Bertz CT molecular complexity index is 1080. The fourth-order valence-corrected chi connectivity index (χ4v) is 4.02. The molecule has 1 atom stereocenters. The van der Waals surface area contributed by atoms with E-state index >= 15 is 0 Å². The van der Waals surface area contributed by atoms with Crippen molar-refractivity contribution in [2.75, 3.05) is 37.0 Å². The zero-order chi connectivity index (χ0) is 22.0.